The summed E-state index contributed by atoms with van der Waals surface area (Å²) in [5.74, 6) is 6.25. The number of methoxy groups -OCH3 is 1. The van der Waals surface area contributed by atoms with E-state index >= 15 is 0 Å². The highest BCUT2D eigenvalue weighted by Gasteiger charge is 2.19. The van der Waals surface area contributed by atoms with Crippen LogP contribution in [0, 0.1) is 0 Å². The first-order valence-corrected chi connectivity index (χ1v) is 7.20. The lowest BCUT2D eigenvalue weighted by molar-refractivity contribution is 0.0609. The van der Waals surface area contributed by atoms with Crippen molar-refractivity contribution in [3.05, 3.63) is 35.4 Å². The van der Waals surface area contributed by atoms with Gasteiger partial charge in [0, 0.05) is 7.11 Å². The molecule has 3 N–H and O–H groups in total. The summed E-state index contributed by atoms with van der Waals surface area (Å²) >= 11 is 0. The van der Waals surface area contributed by atoms with E-state index in [4.69, 9.17) is 10.6 Å². The second-order valence-corrected chi connectivity index (χ2v) is 5.44. The van der Waals surface area contributed by atoms with Crippen molar-refractivity contribution in [3.8, 4) is 0 Å². The molecule has 0 aliphatic heterocycles. The summed E-state index contributed by atoms with van der Waals surface area (Å²) in [4.78, 5) is 0. The average molecular weight is 264 g/mol. The van der Waals surface area contributed by atoms with Gasteiger partial charge in [-0.1, -0.05) is 51.5 Å². The molecule has 0 amide bonds. The lowest BCUT2D eigenvalue weighted by Gasteiger charge is -2.25. The molecule has 3 heteroatoms. The molecule has 2 unspecified atom stereocenters. The van der Waals surface area contributed by atoms with Crippen molar-refractivity contribution in [1.82, 2.24) is 5.43 Å². The molecular weight excluding hydrogens is 236 g/mol. The third-order valence-electron chi connectivity index (χ3n) is 3.64. The zero-order valence-corrected chi connectivity index (χ0v) is 12.6. The zero-order valence-electron chi connectivity index (χ0n) is 12.6. The first-order valence-electron chi connectivity index (χ1n) is 7.20. The summed E-state index contributed by atoms with van der Waals surface area (Å²) in [6.07, 6.45) is 3.19. The Hall–Kier alpha value is -0.900. The summed E-state index contributed by atoms with van der Waals surface area (Å²) in [5.41, 5.74) is 5.57. The van der Waals surface area contributed by atoms with Crippen LogP contribution < -0.4 is 11.3 Å². The smallest absolute Gasteiger partial charge is 0.0740 e. The van der Waals surface area contributed by atoms with Gasteiger partial charge in [-0.15, -0.1) is 0 Å². The number of rotatable bonds is 8. The molecule has 0 bridgehead atoms. The van der Waals surface area contributed by atoms with Gasteiger partial charge in [0.2, 0.25) is 0 Å². The summed E-state index contributed by atoms with van der Waals surface area (Å²) in [6, 6.07) is 8.95. The Kier molecular flexibility index (Phi) is 7.06. The van der Waals surface area contributed by atoms with Gasteiger partial charge in [-0.25, -0.2) is 0 Å². The minimum atomic E-state index is 0.162. The van der Waals surface area contributed by atoms with Gasteiger partial charge in [-0.05, 0) is 29.9 Å². The van der Waals surface area contributed by atoms with Crippen LogP contribution in [0.3, 0.4) is 0 Å². The minimum Gasteiger partial charge on any atom is -0.380 e. The Morgan fingerprint density at radius 2 is 1.84 bits per heavy atom. The highest BCUT2D eigenvalue weighted by molar-refractivity contribution is 5.25. The fourth-order valence-corrected chi connectivity index (χ4v) is 2.36. The molecule has 0 fully saturated rings. The van der Waals surface area contributed by atoms with E-state index < -0.39 is 0 Å². The van der Waals surface area contributed by atoms with E-state index in [1.807, 2.05) is 0 Å². The molecule has 0 radical (unpaired) electrons. The number of ether oxygens (including phenoxy) is 1. The fourth-order valence-electron chi connectivity index (χ4n) is 2.36. The second-order valence-electron chi connectivity index (χ2n) is 5.44. The molecule has 0 heterocycles. The van der Waals surface area contributed by atoms with Crippen molar-refractivity contribution in [1.29, 1.82) is 0 Å². The zero-order chi connectivity index (χ0) is 14.3. The Morgan fingerprint density at radius 3 is 2.26 bits per heavy atom. The van der Waals surface area contributed by atoms with Gasteiger partial charge < -0.3 is 4.74 Å². The van der Waals surface area contributed by atoms with Crippen LogP contribution >= 0.6 is 0 Å². The average Bonchev–Trinajstić information content (AvgIpc) is 2.43. The minimum absolute atomic E-state index is 0.162. The molecule has 0 spiro atoms. The molecular formula is C16H28N2O. The Labute approximate surface area is 117 Å². The maximum Gasteiger partial charge on any atom is 0.0740 e. The van der Waals surface area contributed by atoms with Crippen LogP contribution in [-0.2, 0) is 11.2 Å². The Bertz CT molecular complexity index is 348. The first kappa shape index (κ1) is 16.2. The molecule has 19 heavy (non-hydrogen) atoms. The van der Waals surface area contributed by atoms with Crippen LogP contribution in [0.5, 0.6) is 0 Å². The van der Waals surface area contributed by atoms with E-state index in [2.05, 4.69) is 50.5 Å². The molecule has 1 rings (SSSR count). The summed E-state index contributed by atoms with van der Waals surface area (Å²) in [7, 11) is 1.76. The topological polar surface area (TPSA) is 47.3 Å². The molecule has 1 aromatic carbocycles. The van der Waals surface area contributed by atoms with E-state index in [0.717, 1.165) is 19.3 Å². The van der Waals surface area contributed by atoms with Crippen molar-refractivity contribution in [2.24, 2.45) is 5.84 Å². The van der Waals surface area contributed by atoms with Crippen LogP contribution in [0.1, 0.15) is 50.7 Å². The molecule has 0 aromatic heterocycles. The van der Waals surface area contributed by atoms with Gasteiger partial charge in [-0.2, -0.15) is 0 Å². The number of hydrazine groups is 1. The van der Waals surface area contributed by atoms with Gasteiger partial charge in [-0.3, -0.25) is 11.3 Å². The van der Waals surface area contributed by atoms with Crippen molar-refractivity contribution in [3.63, 3.8) is 0 Å². The van der Waals surface area contributed by atoms with Crippen LogP contribution in [0.15, 0.2) is 24.3 Å². The van der Waals surface area contributed by atoms with Crippen LogP contribution in [-0.4, -0.2) is 19.3 Å². The molecule has 0 saturated heterocycles. The van der Waals surface area contributed by atoms with Crippen LogP contribution in [0.25, 0.3) is 0 Å². The summed E-state index contributed by atoms with van der Waals surface area (Å²) in [6.45, 7) is 6.58. The largest absolute Gasteiger partial charge is 0.380 e. The third kappa shape index (κ3) is 4.94. The number of nitrogens with one attached hydrogen (secondary N) is 1. The second kappa shape index (κ2) is 8.31. The molecule has 108 valence electrons. The van der Waals surface area contributed by atoms with Gasteiger partial charge >= 0.3 is 0 Å². The lowest BCUT2D eigenvalue weighted by atomic mass is 9.96. The van der Waals surface area contributed by atoms with Gasteiger partial charge in [0.25, 0.3) is 0 Å². The van der Waals surface area contributed by atoms with Gasteiger partial charge in [0.1, 0.15) is 0 Å². The van der Waals surface area contributed by atoms with Crippen molar-refractivity contribution >= 4 is 0 Å². The summed E-state index contributed by atoms with van der Waals surface area (Å²) in [5, 5.41) is 0. The Balaban J connectivity index is 2.69. The first-order chi connectivity index (χ1) is 9.12. The molecule has 1 aromatic rings. The predicted octanol–water partition coefficient (Wildman–Crippen LogP) is 3.00. The highest BCUT2D eigenvalue weighted by atomic mass is 16.5. The predicted molar refractivity (Wildman–Crippen MR) is 81.1 cm³/mol. The van der Waals surface area contributed by atoms with Crippen molar-refractivity contribution in [2.75, 3.05) is 7.11 Å². The Morgan fingerprint density at radius 1 is 1.21 bits per heavy atom. The van der Waals surface area contributed by atoms with E-state index in [9.17, 15) is 0 Å². The highest BCUT2D eigenvalue weighted by Crippen LogP contribution is 2.17. The maximum atomic E-state index is 5.68. The van der Waals surface area contributed by atoms with E-state index in [1.165, 1.54) is 11.1 Å². The van der Waals surface area contributed by atoms with E-state index in [0.29, 0.717) is 5.92 Å². The maximum absolute atomic E-state index is 5.68. The standard InChI is InChI=1S/C16H28N2O/c1-5-6-16(19-4)15(18-17)11-13-7-9-14(10-8-13)12(2)3/h7-10,12,15-16,18H,5-6,11,17H2,1-4H3. The van der Waals surface area contributed by atoms with Gasteiger partial charge in [0.05, 0.1) is 12.1 Å². The molecule has 0 aliphatic carbocycles. The van der Waals surface area contributed by atoms with E-state index in [-0.39, 0.29) is 12.1 Å². The monoisotopic (exact) mass is 264 g/mol. The molecule has 3 nitrogen and oxygen atoms in total. The van der Waals surface area contributed by atoms with E-state index in [1.54, 1.807) is 7.11 Å². The SMILES string of the molecule is CCCC(OC)C(Cc1ccc(C(C)C)cc1)NN. The molecule has 0 aliphatic rings. The lowest BCUT2D eigenvalue weighted by Crippen LogP contribution is -2.46. The molecule has 0 saturated carbocycles. The van der Waals surface area contributed by atoms with Crippen LogP contribution in [0.2, 0.25) is 0 Å². The van der Waals surface area contributed by atoms with Gasteiger partial charge in [0.15, 0.2) is 0 Å². The normalized spacial score (nSPS) is 14.6. The number of nitrogens with two attached hydrogens (primary N) is 1. The molecule has 2 atom stereocenters. The number of hydrogen-bond donors (Lipinski definition) is 2. The quantitative estimate of drug-likeness (QED) is 0.560. The number of hydrogen-bond acceptors (Lipinski definition) is 3. The third-order valence-corrected chi connectivity index (χ3v) is 3.64. The fraction of sp³-hybridized carbons (Fsp3) is 0.625. The van der Waals surface area contributed by atoms with Crippen LogP contribution in [0.4, 0.5) is 0 Å². The summed E-state index contributed by atoms with van der Waals surface area (Å²) < 4.78 is 5.54. The van der Waals surface area contributed by atoms with Crippen molar-refractivity contribution < 1.29 is 4.74 Å². The van der Waals surface area contributed by atoms with Crippen molar-refractivity contribution in [2.45, 2.75) is 58.1 Å². The number of benzene rings is 1.